The molecule has 12 nitrogen and oxygen atoms in total. The number of thiazole rings is 1. The average molecular weight is 683 g/mol. The molecule has 1 aliphatic carbocycles. The summed E-state index contributed by atoms with van der Waals surface area (Å²) in [7, 11) is 0. The van der Waals surface area contributed by atoms with Crippen molar-refractivity contribution in [3.05, 3.63) is 100 Å². The Kier molecular flexibility index (Phi) is 10.8. The molecular formula is C36H38N6O6S. The molecule has 4 aromatic rings. The monoisotopic (exact) mass is 682 g/mol. The van der Waals surface area contributed by atoms with Gasteiger partial charge in [0.1, 0.15) is 11.5 Å². The molecule has 0 bridgehead atoms. The highest BCUT2D eigenvalue weighted by molar-refractivity contribution is 7.07. The van der Waals surface area contributed by atoms with Gasteiger partial charge in [-0.25, -0.2) is 4.98 Å². The fourth-order valence-corrected chi connectivity index (χ4v) is 5.94. The van der Waals surface area contributed by atoms with Crippen LogP contribution in [0.15, 0.2) is 77.6 Å². The molecule has 6 rings (SSSR count). The van der Waals surface area contributed by atoms with Crippen molar-refractivity contribution in [3.8, 4) is 11.5 Å². The Bertz CT molecular complexity index is 1790. The number of aromatic nitrogens is 1. The first-order valence-corrected chi connectivity index (χ1v) is 17.2. The van der Waals surface area contributed by atoms with Gasteiger partial charge in [-0.2, -0.15) is 0 Å². The Hall–Kier alpha value is -5.27. The van der Waals surface area contributed by atoms with Crippen molar-refractivity contribution >= 4 is 46.3 Å². The molecule has 1 fully saturated rings. The molecule has 1 saturated carbocycles. The van der Waals surface area contributed by atoms with Crippen LogP contribution in [0.3, 0.4) is 0 Å². The minimum absolute atomic E-state index is 0.0776. The largest absolute Gasteiger partial charge is 0.494 e. The number of rotatable bonds is 15. The number of anilines is 2. The van der Waals surface area contributed by atoms with E-state index >= 15 is 0 Å². The number of amides is 4. The van der Waals surface area contributed by atoms with Gasteiger partial charge in [-0.05, 0) is 73.7 Å². The van der Waals surface area contributed by atoms with Crippen LogP contribution < -0.4 is 31.2 Å². The maximum absolute atomic E-state index is 13.5. The number of ether oxygens (including phenoxy) is 2. The zero-order chi connectivity index (χ0) is 34.2. The van der Waals surface area contributed by atoms with Crippen LogP contribution in [0.25, 0.3) is 0 Å². The van der Waals surface area contributed by atoms with E-state index in [2.05, 4.69) is 20.9 Å². The molecular weight excluding hydrogens is 644 g/mol. The minimum atomic E-state index is -0.626. The lowest BCUT2D eigenvalue weighted by Crippen LogP contribution is -2.42. The Balaban J connectivity index is 0.947. The summed E-state index contributed by atoms with van der Waals surface area (Å²) in [5.41, 5.74) is 11.6. The Morgan fingerprint density at radius 1 is 1.06 bits per heavy atom. The molecule has 2 aliphatic rings. The van der Waals surface area contributed by atoms with E-state index in [0.29, 0.717) is 60.1 Å². The minimum Gasteiger partial charge on any atom is -0.494 e. The highest BCUT2D eigenvalue weighted by atomic mass is 32.1. The number of hydrogen-bond donors (Lipinski definition) is 4. The second-order valence-corrected chi connectivity index (χ2v) is 12.7. The van der Waals surface area contributed by atoms with E-state index in [9.17, 15) is 19.2 Å². The normalized spacial score (nSPS) is 14.1. The summed E-state index contributed by atoms with van der Waals surface area (Å²) in [5, 5.41) is 10.4. The molecule has 0 spiro atoms. The van der Waals surface area contributed by atoms with Gasteiger partial charge in [-0.15, -0.1) is 11.3 Å². The smallest absolute Gasteiger partial charge is 0.262 e. The average Bonchev–Trinajstić information content (AvgIpc) is 3.83. The lowest BCUT2D eigenvalue weighted by Gasteiger charge is -2.24. The summed E-state index contributed by atoms with van der Waals surface area (Å²) >= 11 is 1.48. The zero-order valence-electron chi connectivity index (χ0n) is 26.9. The quantitative estimate of drug-likeness (QED) is 0.134. The fourth-order valence-electron chi connectivity index (χ4n) is 5.37. The van der Waals surface area contributed by atoms with Crippen molar-refractivity contribution in [3.63, 3.8) is 0 Å². The number of nitrogens with two attached hydrogens (primary N) is 1. The maximum Gasteiger partial charge on any atom is 0.262 e. The van der Waals surface area contributed by atoms with Crippen molar-refractivity contribution in [1.82, 2.24) is 15.2 Å². The van der Waals surface area contributed by atoms with Crippen LogP contribution in [0.1, 0.15) is 57.7 Å². The van der Waals surface area contributed by atoms with E-state index in [1.165, 1.54) is 11.3 Å². The second kappa shape index (κ2) is 15.8. The third-order valence-electron chi connectivity index (χ3n) is 8.16. The topological polar surface area (TPSA) is 165 Å². The van der Waals surface area contributed by atoms with Gasteiger partial charge in [0, 0.05) is 53.8 Å². The van der Waals surface area contributed by atoms with Gasteiger partial charge in [0.25, 0.3) is 17.7 Å². The molecule has 1 aromatic heterocycles. The molecule has 13 heteroatoms. The number of carbonyl (C=O) groups is 4. The van der Waals surface area contributed by atoms with E-state index < -0.39 is 6.04 Å². The first-order valence-electron chi connectivity index (χ1n) is 16.2. The Morgan fingerprint density at radius 2 is 1.88 bits per heavy atom. The number of carbonyl (C=O) groups excluding carboxylic acids is 4. The number of unbranched alkanes of at least 4 members (excludes halogenated alkanes) is 1. The van der Waals surface area contributed by atoms with Crippen molar-refractivity contribution in [1.29, 1.82) is 0 Å². The van der Waals surface area contributed by atoms with Gasteiger partial charge < -0.3 is 36.1 Å². The Labute approximate surface area is 288 Å². The van der Waals surface area contributed by atoms with Crippen LogP contribution in [0.2, 0.25) is 0 Å². The van der Waals surface area contributed by atoms with E-state index in [-0.39, 0.29) is 36.3 Å². The van der Waals surface area contributed by atoms with Gasteiger partial charge in [0.2, 0.25) is 5.91 Å². The van der Waals surface area contributed by atoms with Crippen LogP contribution in [0, 0.1) is 0 Å². The fraction of sp³-hybridized carbons (Fsp3) is 0.306. The lowest BCUT2D eigenvalue weighted by molar-refractivity contribution is -0.122. The third-order valence-corrected chi connectivity index (χ3v) is 8.79. The maximum atomic E-state index is 13.5. The van der Waals surface area contributed by atoms with Crippen molar-refractivity contribution in [2.75, 3.05) is 30.4 Å². The van der Waals surface area contributed by atoms with Crippen LogP contribution in [0.4, 0.5) is 11.4 Å². The molecule has 5 N–H and O–H groups in total. The first-order chi connectivity index (χ1) is 23.8. The zero-order valence-corrected chi connectivity index (χ0v) is 27.7. The van der Waals surface area contributed by atoms with Gasteiger partial charge in [-0.3, -0.25) is 19.2 Å². The molecule has 0 radical (unpaired) electrons. The molecule has 254 valence electrons. The van der Waals surface area contributed by atoms with Crippen LogP contribution in [0.5, 0.6) is 11.5 Å². The van der Waals surface area contributed by atoms with Crippen LogP contribution >= 0.6 is 11.3 Å². The van der Waals surface area contributed by atoms with E-state index in [1.807, 2.05) is 34.5 Å². The summed E-state index contributed by atoms with van der Waals surface area (Å²) in [4.78, 5) is 56.3. The molecule has 0 saturated heterocycles. The van der Waals surface area contributed by atoms with Gasteiger partial charge in [0.15, 0.2) is 6.61 Å². The number of hydrogen-bond acceptors (Lipinski definition) is 9. The van der Waals surface area contributed by atoms with E-state index in [4.69, 9.17) is 15.2 Å². The van der Waals surface area contributed by atoms with Crippen molar-refractivity contribution in [2.24, 2.45) is 5.73 Å². The number of nitrogens with one attached hydrogen (secondary N) is 3. The van der Waals surface area contributed by atoms with Crippen molar-refractivity contribution in [2.45, 2.75) is 50.7 Å². The molecule has 1 aliphatic heterocycles. The predicted molar refractivity (Wildman–Crippen MR) is 186 cm³/mol. The van der Waals surface area contributed by atoms with Gasteiger partial charge in [0.05, 0.1) is 29.5 Å². The molecule has 1 atom stereocenters. The van der Waals surface area contributed by atoms with Crippen LogP contribution in [-0.2, 0) is 22.6 Å². The summed E-state index contributed by atoms with van der Waals surface area (Å²) < 4.78 is 11.4. The highest BCUT2D eigenvalue weighted by Crippen LogP contribution is 2.33. The number of nitrogens with zero attached hydrogens (tertiary/aromatic N) is 2. The molecule has 2 heterocycles. The molecule has 3 aromatic carbocycles. The standard InChI is InChI=1S/C36H38N6O6S/c37-30(18-27-21-49-22-39-27)35(45)38-14-1-2-15-47-29-5-3-4-26(17-29)40-34(44)24-8-6-23(7-9-24)19-42(28-11-12-28)36(46)25-10-13-31-32(16-25)48-20-33(43)41-31/h3-10,13,16-17,21-22,28,30H,1-2,11-12,14-15,18-20,37H2,(H,38,45)(H,40,44)(H,41,43). The second-order valence-electron chi connectivity index (χ2n) is 12.0. The molecule has 4 amide bonds. The van der Waals surface area contributed by atoms with E-state index in [0.717, 1.165) is 36.9 Å². The predicted octanol–water partition coefficient (Wildman–Crippen LogP) is 4.38. The highest BCUT2D eigenvalue weighted by Gasteiger charge is 2.33. The summed E-state index contributed by atoms with van der Waals surface area (Å²) in [6, 6.07) is 19.0. The van der Waals surface area contributed by atoms with Gasteiger partial charge in [-0.1, -0.05) is 18.2 Å². The summed E-state index contributed by atoms with van der Waals surface area (Å²) in [6.07, 6.45) is 3.76. The molecule has 49 heavy (non-hydrogen) atoms. The summed E-state index contributed by atoms with van der Waals surface area (Å²) in [5.74, 6) is 0.323. The number of fused-ring (bicyclic) bond motifs is 1. The van der Waals surface area contributed by atoms with Gasteiger partial charge >= 0.3 is 0 Å². The third kappa shape index (κ3) is 9.21. The van der Waals surface area contributed by atoms with E-state index in [1.54, 1.807) is 48.0 Å². The summed E-state index contributed by atoms with van der Waals surface area (Å²) in [6.45, 7) is 1.29. The number of benzene rings is 3. The molecule has 1 unspecified atom stereocenters. The van der Waals surface area contributed by atoms with Crippen LogP contribution in [-0.4, -0.2) is 65.4 Å². The SMILES string of the molecule is NC(Cc1cscn1)C(=O)NCCCCOc1cccc(NC(=O)c2ccc(CN(C(=O)c3ccc4c(c3)OCC(=O)N4)C3CC3)cc2)c1. The van der Waals surface area contributed by atoms with Crippen molar-refractivity contribution < 1.29 is 28.7 Å². The first kappa shape index (κ1) is 33.6. The lowest BCUT2D eigenvalue weighted by atomic mass is 10.1. The Morgan fingerprint density at radius 3 is 2.65 bits per heavy atom.